The van der Waals surface area contributed by atoms with E-state index in [-0.39, 0.29) is 11.6 Å². The van der Waals surface area contributed by atoms with Crippen molar-refractivity contribution < 1.29 is 19.5 Å². The summed E-state index contributed by atoms with van der Waals surface area (Å²) in [6.07, 6.45) is 2.83. The van der Waals surface area contributed by atoms with Crippen LogP contribution in [0.15, 0.2) is 24.3 Å². The van der Waals surface area contributed by atoms with Gasteiger partial charge in [0.2, 0.25) is 0 Å². The van der Waals surface area contributed by atoms with Crippen molar-refractivity contribution in [3.05, 3.63) is 29.8 Å². The highest BCUT2D eigenvalue weighted by atomic mass is 16.4. The Morgan fingerprint density at radius 3 is 1.68 bits per heavy atom. The summed E-state index contributed by atoms with van der Waals surface area (Å²) in [5.41, 5.74) is 7.46. The van der Waals surface area contributed by atoms with Crippen molar-refractivity contribution in [1.82, 2.24) is 14.7 Å². The van der Waals surface area contributed by atoms with Gasteiger partial charge in [0.1, 0.15) is 11.6 Å². The quantitative estimate of drug-likeness (QED) is 0.298. The molecular formula is C26H43N4O4-. The maximum atomic E-state index is 12.2. The number of anilines is 1. The molecule has 1 unspecified atom stereocenters. The highest BCUT2D eigenvalue weighted by molar-refractivity contribution is 5.78. The van der Waals surface area contributed by atoms with Crippen molar-refractivity contribution in [2.45, 2.75) is 59.4 Å². The molecule has 0 fully saturated rings. The molecule has 0 saturated heterocycles. The second-order valence-electron chi connectivity index (χ2n) is 9.11. The number of nitrogen functional groups attached to an aromatic ring is 1. The van der Waals surface area contributed by atoms with Crippen LogP contribution >= 0.6 is 0 Å². The summed E-state index contributed by atoms with van der Waals surface area (Å²) >= 11 is 0. The van der Waals surface area contributed by atoms with Crippen molar-refractivity contribution >= 4 is 23.2 Å². The van der Waals surface area contributed by atoms with Crippen LogP contribution in [0.4, 0.5) is 5.69 Å². The highest BCUT2D eigenvalue weighted by Gasteiger charge is 2.22. The van der Waals surface area contributed by atoms with Crippen LogP contribution < -0.4 is 10.8 Å². The molecule has 0 radical (unpaired) electrons. The average Bonchev–Trinajstić information content (AvgIpc) is 2.75. The van der Waals surface area contributed by atoms with E-state index in [2.05, 4.69) is 23.6 Å². The standard InChI is InChI=1S/C26H44N4O4/c1-5-13-28(19-21(3)31)15-17-30(18-16-29(14-6-2)20-22(4)32)25(26(33)34)12-9-23-7-10-24(27)11-8-23/h7-8,10-11,25H,5-6,9,12-20,27H2,1-4H3,(H,33,34)/p-1. The molecule has 1 aromatic carbocycles. The SMILES string of the molecule is CCCN(CCN(CCN(CCC)CC(C)=O)C(CCc1ccc(N)cc1)C(=O)[O-])CC(C)=O. The van der Waals surface area contributed by atoms with Crippen molar-refractivity contribution in [3.8, 4) is 0 Å². The second kappa shape index (κ2) is 16.4. The van der Waals surface area contributed by atoms with Gasteiger partial charge in [0.05, 0.1) is 19.1 Å². The summed E-state index contributed by atoms with van der Waals surface area (Å²) in [6.45, 7) is 11.7. The van der Waals surface area contributed by atoms with E-state index in [0.717, 1.165) is 31.5 Å². The molecule has 0 aliphatic carbocycles. The maximum absolute atomic E-state index is 12.2. The molecule has 192 valence electrons. The minimum Gasteiger partial charge on any atom is -0.548 e. The van der Waals surface area contributed by atoms with Gasteiger partial charge in [-0.3, -0.25) is 24.3 Å². The predicted molar refractivity (Wildman–Crippen MR) is 134 cm³/mol. The number of hydrogen-bond acceptors (Lipinski definition) is 8. The van der Waals surface area contributed by atoms with Gasteiger partial charge in [0, 0.05) is 37.9 Å². The molecule has 8 heteroatoms. The summed E-state index contributed by atoms with van der Waals surface area (Å²) in [4.78, 5) is 41.7. The Morgan fingerprint density at radius 2 is 1.29 bits per heavy atom. The lowest BCUT2D eigenvalue weighted by molar-refractivity contribution is -0.312. The third-order valence-corrected chi connectivity index (χ3v) is 5.78. The van der Waals surface area contributed by atoms with Crippen molar-refractivity contribution in [3.63, 3.8) is 0 Å². The number of rotatable bonds is 19. The number of carboxylic acid groups (broad SMARTS) is 1. The van der Waals surface area contributed by atoms with E-state index in [9.17, 15) is 19.5 Å². The van der Waals surface area contributed by atoms with Gasteiger partial charge in [-0.25, -0.2) is 0 Å². The molecule has 1 aromatic rings. The number of aryl methyl sites for hydroxylation is 1. The number of aliphatic carboxylic acids is 1. The Kier molecular flexibility index (Phi) is 14.3. The van der Waals surface area contributed by atoms with E-state index in [0.29, 0.717) is 57.8 Å². The molecule has 34 heavy (non-hydrogen) atoms. The average molecular weight is 476 g/mol. The van der Waals surface area contributed by atoms with Crippen LogP contribution in [0.3, 0.4) is 0 Å². The van der Waals surface area contributed by atoms with Gasteiger partial charge in [0.25, 0.3) is 0 Å². The van der Waals surface area contributed by atoms with Gasteiger partial charge in [-0.2, -0.15) is 0 Å². The predicted octanol–water partition coefficient (Wildman–Crippen LogP) is 1.22. The number of nitrogens with two attached hydrogens (primary N) is 1. The lowest BCUT2D eigenvalue weighted by Gasteiger charge is -2.36. The van der Waals surface area contributed by atoms with Crippen LogP contribution in [0.25, 0.3) is 0 Å². The molecule has 8 nitrogen and oxygen atoms in total. The molecule has 0 aliphatic rings. The van der Waals surface area contributed by atoms with Crippen LogP contribution in [0.1, 0.15) is 52.5 Å². The summed E-state index contributed by atoms with van der Waals surface area (Å²) in [5.74, 6) is -0.913. The summed E-state index contributed by atoms with van der Waals surface area (Å²) < 4.78 is 0. The lowest BCUT2D eigenvalue weighted by atomic mass is 10.0. The molecule has 0 heterocycles. The lowest BCUT2D eigenvalue weighted by Crippen LogP contribution is -2.53. The van der Waals surface area contributed by atoms with Crippen molar-refractivity contribution in [2.24, 2.45) is 0 Å². The van der Waals surface area contributed by atoms with Gasteiger partial charge in [-0.1, -0.05) is 26.0 Å². The fourth-order valence-electron chi connectivity index (χ4n) is 4.20. The number of Topliss-reactive ketones (excluding diaryl/α,β-unsaturated/α-hetero) is 2. The first-order valence-electron chi connectivity index (χ1n) is 12.4. The Bertz CT molecular complexity index is 724. The number of hydrogen-bond donors (Lipinski definition) is 1. The monoisotopic (exact) mass is 475 g/mol. The molecule has 0 bridgehead atoms. The van der Waals surface area contributed by atoms with E-state index in [4.69, 9.17) is 5.73 Å². The van der Waals surface area contributed by atoms with Gasteiger partial charge < -0.3 is 15.6 Å². The van der Waals surface area contributed by atoms with Crippen LogP contribution in [-0.2, 0) is 20.8 Å². The van der Waals surface area contributed by atoms with Gasteiger partial charge in [-0.15, -0.1) is 0 Å². The van der Waals surface area contributed by atoms with E-state index >= 15 is 0 Å². The zero-order valence-electron chi connectivity index (χ0n) is 21.4. The Morgan fingerprint density at radius 1 is 0.824 bits per heavy atom. The fraction of sp³-hybridized carbons (Fsp3) is 0.654. The summed E-state index contributed by atoms with van der Waals surface area (Å²) in [6, 6.07) is 6.69. The molecule has 0 aromatic heterocycles. The number of nitrogens with zero attached hydrogens (tertiary/aromatic N) is 3. The Balaban J connectivity index is 2.98. The van der Waals surface area contributed by atoms with Gasteiger partial charge >= 0.3 is 0 Å². The van der Waals surface area contributed by atoms with E-state index in [1.54, 1.807) is 13.8 Å². The summed E-state index contributed by atoms with van der Waals surface area (Å²) in [7, 11) is 0. The number of benzene rings is 1. The zero-order valence-corrected chi connectivity index (χ0v) is 21.4. The smallest absolute Gasteiger partial charge is 0.143 e. The third-order valence-electron chi connectivity index (χ3n) is 5.78. The van der Waals surface area contributed by atoms with Gasteiger partial charge in [-0.05, 0) is 70.3 Å². The largest absolute Gasteiger partial charge is 0.548 e. The first-order chi connectivity index (χ1) is 16.2. The molecule has 0 aliphatic heterocycles. The molecule has 0 spiro atoms. The second-order valence-corrected chi connectivity index (χ2v) is 9.11. The van der Waals surface area contributed by atoms with Crippen molar-refractivity contribution in [1.29, 1.82) is 0 Å². The Labute approximate surface area is 205 Å². The minimum atomic E-state index is -1.10. The van der Waals surface area contributed by atoms with Crippen molar-refractivity contribution in [2.75, 3.05) is 58.1 Å². The van der Waals surface area contributed by atoms with Crippen LogP contribution in [0.5, 0.6) is 0 Å². The first-order valence-corrected chi connectivity index (χ1v) is 12.4. The molecular weight excluding hydrogens is 432 g/mol. The maximum Gasteiger partial charge on any atom is 0.143 e. The summed E-state index contributed by atoms with van der Waals surface area (Å²) in [5, 5.41) is 12.2. The molecule has 0 amide bonds. The van der Waals surface area contributed by atoms with E-state index < -0.39 is 12.0 Å². The van der Waals surface area contributed by atoms with Crippen LogP contribution in [0, 0.1) is 0 Å². The zero-order chi connectivity index (χ0) is 25.5. The number of carboxylic acids is 1. The van der Waals surface area contributed by atoms with E-state index in [1.165, 1.54) is 0 Å². The third kappa shape index (κ3) is 12.3. The highest BCUT2D eigenvalue weighted by Crippen LogP contribution is 2.13. The van der Waals surface area contributed by atoms with Crippen LogP contribution in [0.2, 0.25) is 0 Å². The molecule has 2 N–H and O–H groups in total. The van der Waals surface area contributed by atoms with Gasteiger partial charge in [0.15, 0.2) is 0 Å². The normalized spacial score (nSPS) is 12.4. The molecule has 1 rings (SSSR count). The number of carbonyl (C=O) groups is 3. The first kappa shape index (κ1) is 29.7. The van der Waals surface area contributed by atoms with E-state index in [1.807, 2.05) is 29.2 Å². The fourth-order valence-corrected chi connectivity index (χ4v) is 4.20. The Hall–Kier alpha value is -2.29. The minimum absolute atomic E-state index is 0.0929. The molecule has 0 saturated carbocycles. The van der Waals surface area contributed by atoms with Crippen LogP contribution in [-0.4, -0.2) is 90.6 Å². The molecule has 1 atom stereocenters. The number of ketones is 2. The topological polar surface area (TPSA) is 110 Å². The number of carbonyl (C=O) groups excluding carboxylic acids is 3.